The molecule has 4 heteroatoms. The monoisotopic (exact) mass is 463 g/mol. The second-order valence-corrected chi connectivity index (χ2v) is 9.82. The van der Waals surface area contributed by atoms with E-state index in [1.807, 2.05) is 30.3 Å². The summed E-state index contributed by atoms with van der Waals surface area (Å²) >= 11 is 0. The lowest BCUT2D eigenvalue weighted by Crippen LogP contribution is -2.51. The van der Waals surface area contributed by atoms with E-state index in [1.165, 1.54) is 5.56 Å². The van der Waals surface area contributed by atoms with Gasteiger partial charge >= 0.3 is 0 Å². The number of aromatic nitrogens is 1. The maximum absolute atomic E-state index is 13.6. The number of carbonyl (C=O) groups is 1. The maximum atomic E-state index is 13.6. The van der Waals surface area contributed by atoms with Gasteiger partial charge in [-0.3, -0.25) is 9.78 Å². The van der Waals surface area contributed by atoms with Crippen LogP contribution in [0.25, 0.3) is 10.9 Å². The molecule has 0 unspecified atom stereocenters. The number of nitrogens with one attached hydrogen (secondary N) is 1. The van der Waals surface area contributed by atoms with Crippen LogP contribution in [-0.2, 0) is 13.0 Å². The van der Waals surface area contributed by atoms with Crippen molar-refractivity contribution < 1.29 is 4.79 Å². The van der Waals surface area contributed by atoms with Crippen LogP contribution in [0.4, 0.5) is 0 Å². The van der Waals surface area contributed by atoms with Crippen LogP contribution in [0.15, 0.2) is 84.9 Å². The van der Waals surface area contributed by atoms with Crippen molar-refractivity contribution >= 4 is 16.8 Å². The number of nitrogens with zero attached hydrogens (tertiary/aromatic N) is 2. The number of fused-ring (bicyclic) bond motifs is 1. The molecule has 0 radical (unpaired) electrons. The van der Waals surface area contributed by atoms with Crippen LogP contribution in [0.1, 0.15) is 45.6 Å². The summed E-state index contributed by atoms with van der Waals surface area (Å²) < 4.78 is 0. The summed E-state index contributed by atoms with van der Waals surface area (Å²) in [6.07, 6.45) is 2.73. The number of piperidine rings is 1. The molecule has 4 aromatic rings. The number of pyridine rings is 1. The number of amides is 1. The van der Waals surface area contributed by atoms with E-state index >= 15 is 0 Å². The van der Waals surface area contributed by atoms with Gasteiger partial charge in [-0.2, -0.15) is 0 Å². The molecule has 1 N–H and O–H groups in total. The van der Waals surface area contributed by atoms with Crippen LogP contribution < -0.4 is 5.32 Å². The molecule has 1 amide bonds. The zero-order valence-corrected chi connectivity index (χ0v) is 20.6. The third kappa shape index (κ3) is 5.60. The zero-order chi connectivity index (χ0) is 24.2. The molecule has 2 atom stereocenters. The molecular weight excluding hydrogens is 430 g/mol. The third-order valence-electron chi connectivity index (χ3n) is 6.99. The Labute approximate surface area is 208 Å². The van der Waals surface area contributed by atoms with Gasteiger partial charge in [-0.15, -0.1) is 0 Å². The Morgan fingerprint density at radius 3 is 2.49 bits per heavy atom. The standard InChI is InChI=1S/C31H33N3O/c1-22-16-23(2)18-26(17-22)31(35)34-15-14-27(20-29(34)19-24-8-4-3-5-9-24)32-21-28-13-12-25-10-6-7-11-30(25)33-28/h3-13,16-18,27,29,32H,14-15,19-21H2,1-2H3/t27-,29+/m0/s1. The first-order chi connectivity index (χ1) is 17.0. The second-order valence-electron chi connectivity index (χ2n) is 9.82. The SMILES string of the molecule is Cc1cc(C)cc(C(=O)N2CC[C@H](NCc3ccc4ccccc4n3)C[C@H]2Cc2ccccc2)c1. The minimum atomic E-state index is 0.146. The smallest absolute Gasteiger partial charge is 0.254 e. The lowest BCUT2D eigenvalue weighted by molar-refractivity contribution is 0.0576. The van der Waals surface area contributed by atoms with Gasteiger partial charge in [0.25, 0.3) is 5.91 Å². The van der Waals surface area contributed by atoms with E-state index in [9.17, 15) is 4.79 Å². The molecule has 0 spiro atoms. The van der Waals surface area contributed by atoms with Gasteiger partial charge in [-0.1, -0.05) is 71.8 Å². The number of aryl methyl sites for hydroxylation is 2. The van der Waals surface area contributed by atoms with Crippen LogP contribution in [0.2, 0.25) is 0 Å². The first-order valence-electron chi connectivity index (χ1n) is 12.6. The minimum absolute atomic E-state index is 0.146. The predicted molar refractivity (Wildman–Crippen MR) is 142 cm³/mol. The molecule has 0 aliphatic carbocycles. The highest BCUT2D eigenvalue weighted by Crippen LogP contribution is 2.25. The fourth-order valence-electron chi connectivity index (χ4n) is 5.30. The largest absolute Gasteiger partial charge is 0.335 e. The van der Waals surface area contributed by atoms with Crippen molar-refractivity contribution in [2.45, 2.75) is 51.7 Å². The molecule has 1 aromatic heterocycles. The topological polar surface area (TPSA) is 45.2 Å². The summed E-state index contributed by atoms with van der Waals surface area (Å²) in [5.74, 6) is 0.146. The molecule has 5 rings (SSSR count). The van der Waals surface area contributed by atoms with Crippen molar-refractivity contribution in [2.75, 3.05) is 6.54 Å². The van der Waals surface area contributed by atoms with Crippen molar-refractivity contribution in [1.29, 1.82) is 0 Å². The normalized spacial score (nSPS) is 18.1. The lowest BCUT2D eigenvalue weighted by atomic mass is 9.91. The summed E-state index contributed by atoms with van der Waals surface area (Å²) in [5, 5.41) is 4.90. The van der Waals surface area contributed by atoms with E-state index in [4.69, 9.17) is 4.98 Å². The van der Waals surface area contributed by atoms with Crippen LogP contribution >= 0.6 is 0 Å². The minimum Gasteiger partial charge on any atom is -0.335 e. The van der Waals surface area contributed by atoms with Gasteiger partial charge in [-0.25, -0.2) is 0 Å². The summed E-state index contributed by atoms with van der Waals surface area (Å²) in [7, 11) is 0. The number of carbonyl (C=O) groups excluding carboxylic acids is 1. The molecule has 4 nitrogen and oxygen atoms in total. The lowest BCUT2D eigenvalue weighted by Gasteiger charge is -2.40. The predicted octanol–water partition coefficient (Wildman–Crippen LogP) is 5.86. The first-order valence-corrected chi connectivity index (χ1v) is 12.6. The second kappa shape index (κ2) is 10.4. The number of rotatable bonds is 6. The Hall–Kier alpha value is -3.50. The van der Waals surface area contributed by atoms with Crippen LogP contribution in [-0.4, -0.2) is 34.4 Å². The number of hydrogen-bond donors (Lipinski definition) is 1. The molecule has 1 aliphatic heterocycles. The van der Waals surface area contributed by atoms with Gasteiger partial charge in [-0.05, 0) is 62.9 Å². The van der Waals surface area contributed by atoms with Gasteiger partial charge in [0, 0.05) is 36.1 Å². The van der Waals surface area contributed by atoms with Crippen molar-refractivity contribution in [3.05, 3.63) is 113 Å². The molecular formula is C31H33N3O. The zero-order valence-electron chi connectivity index (χ0n) is 20.6. The first kappa shape index (κ1) is 23.3. The Bertz CT molecular complexity index is 1300. The van der Waals surface area contributed by atoms with Crippen molar-refractivity contribution in [1.82, 2.24) is 15.2 Å². The summed E-state index contributed by atoms with van der Waals surface area (Å²) in [5.41, 5.74) is 6.42. The summed E-state index contributed by atoms with van der Waals surface area (Å²) in [4.78, 5) is 20.5. The van der Waals surface area contributed by atoms with Gasteiger partial charge in [0.05, 0.1) is 11.2 Å². The van der Waals surface area contributed by atoms with Gasteiger partial charge in [0.1, 0.15) is 0 Å². The fraction of sp³-hybridized carbons (Fsp3) is 0.290. The van der Waals surface area contributed by atoms with Gasteiger partial charge in [0.2, 0.25) is 0 Å². The number of para-hydroxylation sites is 1. The Balaban J connectivity index is 1.31. The molecule has 178 valence electrons. The van der Waals surface area contributed by atoms with Crippen LogP contribution in [0, 0.1) is 13.8 Å². The Morgan fingerprint density at radius 2 is 1.69 bits per heavy atom. The molecule has 0 saturated carbocycles. The Morgan fingerprint density at radius 1 is 0.943 bits per heavy atom. The van der Waals surface area contributed by atoms with Gasteiger partial charge in [0.15, 0.2) is 0 Å². The average molecular weight is 464 g/mol. The van der Waals surface area contributed by atoms with Crippen molar-refractivity contribution in [3.8, 4) is 0 Å². The highest BCUT2D eigenvalue weighted by molar-refractivity contribution is 5.95. The van der Waals surface area contributed by atoms with E-state index in [2.05, 4.69) is 78.7 Å². The number of hydrogen-bond acceptors (Lipinski definition) is 3. The molecule has 1 fully saturated rings. The van der Waals surface area contributed by atoms with E-state index in [-0.39, 0.29) is 11.9 Å². The van der Waals surface area contributed by atoms with E-state index in [0.717, 1.165) is 65.6 Å². The third-order valence-corrected chi connectivity index (χ3v) is 6.99. The highest BCUT2D eigenvalue weighted by atomic mass is 16.2. The Kier molecular flexibility index (Phi) is 6.91. The summed E-state index contributed by atoms with van der Waals surface area (Å²) in [6.45, 7) is 5.61. The van der Waals surface area contributed by atoms with Crippen molar-refractivity contribution in [3.63, 3.8) is 0 Å². The summed E-state index contributed by atoms with van der Waals surface area (Å²) in [6, 6.07) is 29.7. The van der Waals surface area contributed by atoms with E-state index in [0.29, 0.717) is 6.04 Å². The molecule has 0 bridgehead atoms. The molecule has 3 aromatic carbocycles. The van der Waals surface area contributed by atoms with Gasteiger partial charge < -0.3 is 10.2 Å². The maximum Gasteiger partial charge on any atom is 0.254 e. The van der Waals surface area contributed by atoms with Crippen LogP contribution in [0.3, 0.4) is 0 Å². The quantitative estimate of drug-likeness (QED) is 0.390. The molecule has 1 aliphatic rings. The highest BCUT2D eigenvalue weighted by Gasteiger charge is 2.32. The number of benzene rings is 3. The van der Waals surface area contributed by atoms with Crippen LogP contribution in [0.5, 0.6) is 0 Å². The molecule has 1 saturated heterocycles. The van der Waals surface area contributed by atoms with E-state index < -0.39 is 0 Å². The molecule has 35 heavy (non-hydrogen) atoms. The number of likely N-dealkylation sites (tertiary alicyclic amines) is 1. The molecule has 2 heterocycles. The van der Waals surface area contributed by atoms with E-state index in [1.54, 1.807) is 0 Å². The average Bonchev–Trinajstić information content (AvgIpc) is 2.87. The van der Waals surface area contributed by atoms with Crippen molar-refractivity contribution in [2.24, 2.45) is 0 Å². The fourth-order valence-corrected chi connectivity index (χ4v) is 5.30.